The second-order valence-electron chi connectivity index (χ2n) is 3.79. The van der Waals surface area contributed by atoms with Crippen molar-refractivity contribution in [3.05, 3.63) is 18.2 Å². The first-order valence-electron chi connectivity index (χ1n) is 4.93. The second kappa shape index (κ2) is 5.24. The fraction of sp³-hybridized carbons (Fsp3) is 0.400. The van der Waals surface area contributed by atoms with E-state index in [0.717, 1.165) is 18.4 Å². The van der Waals surface area contributed by atoms with Crippen LogP contribution in [0, 0.1) is 0 Å². The molecule has 108 valence electrons. The number of nitrogen functional groups attached to an aromatic ring is 1. The molecule has 4 nitrogen and oxygen atoms in total. The van der Waals surface area contributed by atoms with Crippen LogP contribution in [0.1, 0.15) is 0 Å². The molecule has 1 rings (SSSR count). The number of halogens is 4. The zero-order chi connectivity index (χ0) is 14.8. The van der Waals surface area contributed by atoms with Crippen LogP contribution >= 0.6 is 0 Å². The molecule has 1 aromatic carbocycles. The van der Waals surface area contributed by atoms with E-state index in [9.17, 15) is 26.0 Å². The SMILES string of the molecule is CS(=O)(=O)c1cccc(OCC(F)(F)C(F)F)c1N. The predicted octanol–water partition coefficient (Wildman–Crippen LogP) is 1.95. The summed E-state index contributed by atoms with van der Waals surface area (Å²) in [6.07, 6.45) is -3.01. The van der Waals surface area contributed by atoms with Crippen LogP contribution in [0.15, 0.2) is 23.1 Å². The first-order chi connectivity index (χ1) is 8.55. The molecular weight excluding hydrogens is 290 g/mol. The molecule has 0 bridgehead atoms. The van der Waals surface area contributed by atoms with Gasteiger partial charge in [-0.05, 0) is 12.1 Å². The largest absolute Gasteiger partial charge is 0.485 e. The van der Waals surface area contributed by atoms with Crippen LogP contribution in [0.5, 0.6) is 5.75 Å². The quantitative estimate of drug-likeness (QED) is 0.666. The minimum atomic E-state index is -4.34. The van der Waals surface area contributed by atoms with Crippen LogP contribution in [-0.2, 0) is 9.84 Å². The van der Waals surface area contributed by atoms with Crippen molar-refractivity contribution in [1.82, 2.24) is 0 Å². The fourth-order valence-corrected chi connectivity index (χ4v) is 2.04. The second-order valence-corrected chi connectivity index (χ2v) is 5.77. The van der Waals surface area contributed by atoms with Crippen molar-refractivity contribution < 1.29 is 30.7 Å². The van der Waals surface area contributed by atoms with Gasteiger partial charge in [-0.2, -0.15) is 8.78 Å². The van der Waals surface area contributed by atoms with E-state index < -0.39 is 34.5 Å². The maximum Gasteiger partial charge on any atom is 0.340 e. The third kappa shape index (κ3) is 3.72. The Balaban J connectivity index is 2.99. The van der Waals surface area contributed by atoms with E-state index in [0.29, 0.717) is 0 Å². The Hall–Kier alpha value is -1.51. The van der Waals surface area contributed by atoms with Gasteiger partial charge in [-0.25, -0.2) is 17.2 Å². The van der Waals surface area contributed by atoms with Crippen LogP contribution in [0.25, 0.3) is 0 Å². The molecule has 0 aromatic heterocycles. The van der Waals surface area contributed by atoms with Crippen LogP contribution < -0.4 is 10.5 Å². The summed E-state index contributed by atoms with van der Waals surface area (Å²) in [5.74, 6) is -4.73. The minimum absolute atomic E-state index is 0.314. The van der Waals surface area contributed by atoms with Crippen molar-refractivity contribution in [2.24, 2.45) is 0 Å². The molecule has 0 amide bonds. The van der Waals surface area contributed by atoms with E-state index in [1.165, 1.54) is 6.07 Å². The summed E-state index contributed by atoms with van der Waals surface area (Å²) in [5, 5.41) is 0. The summed E-state index contributed by atoms with van der Waals surface area (Å²) in [7, 11) is -3.67. The molecular formula is C10H11F4NO3S. The average molecular weight is 301 g/mol. The number of anilines is 1. The first-order valence-corrected chi connectivity index (χ1v) is 6.82. The molecule has 1 aromatic rings. The Morgan fingerprint density at radius 1 is 1.37 bits per heavy atom. The summed E-state index contributed by atoms with van der Waals surface area (Å²) < 4.78 is 76.3. The van der Waals surface area contributed by atoms with Gasteiger partial charge in [0.1, 0.15) is 5.75 Å². The van der Waals surface area contributed by atoms with Gasteiger partial charge in [0, 0.05) is 6.26 Å². The van der Waals surface area contributed by atoms with Gasteiger partial charge >= 0.3 is 12.3 Å². The predicted molar refractivity (Wildman–Crippen MR) is 60.4 cm³/mol. The van der Waals surface area contributed by atoms with Crippen molar-refractivity contribution in [2.75, 3.05) is 18.6 Å². The van der Waals surface area contributed by atoms with Gasteiger partial charge in [0.15, 0.2) is 16.4 Å². The van der Waals surface area contributed by atoms with E-state index in [-0.39, 0.29) is 10.6 Å². The third-order valence-corrected chi connectivity index (χ3v) is 3.32. The lowest BCUT2D eigenvalue weighted by atomic mass is 10.3. The Kier molecular flexibility index (Phi) is 4.28. The van der Waals surface area contributed by atoms with E-state index >= 15 is 0 Å². The average Bonchev–Trinajstić information content (AvgIpc) is 2.25. The summed E-state index contributed by atoms with van der Waals surface area (Å²) in [6, 6.07) is 3.48. The van der Waals surface area contributed by atoms with Gasteiger partial charge in [-0.3, -0.25) is 0 Å². The number of hydrogen-bond donors (Lipinski definition) is 1. The molecule has 0 aliphatic heterocycles. The van der Waals surface area contributed by atoms with Crippen molar-refractivity contribution >= 4 is 15.5 Å². The Morgan fingerprint density at radius 2 is 1.95 bits per heavy atom. The van der Waals surface area contributed by atoms with Gasteiger partial charge in [0.05, 0.1) is 10.6 Å². The van der Waals surface area contributed by atoms with Gasteiger partial charge in [-0.15, -0.1) is 0 Å². The molecule has 0 atom stereocenters. The van der Waals surface area contributed by atoms with Crippen molar-refractivity contribution in [3.63, 3.8) is 0 Å². The third-order valence-electron chi connectivity index (χ3n) is 2.16. The minimum Gasteiger partial charge on any atom is -0.485 e. The molecule has 0 aliphatic rings. The van der Waals surface area contributed by atoms with Crippen LogP contribution in [-0.4, -0.2) is 33.6 Å². The Labute approximate surface area is 107 Å². The highest BCUT2D eigenvalue weighted by Gasteiger charge is 2.41. The maximum absolute atomic E-state index is 12.7. The van der Waals surface area contributed by atoms with E-state index in [1.54, 1.807) is 0 Å². The number of sulfone groups is 1. The number of benzene rings is 1. The molecule has 0 aliphatic carbocycles. The summed E-state index contributed by atoms with van der Waals surface area (Å²) >= 11 is 0. The molecule has 2 N–H and O–H groups in total. The van der Waals surface area contributed by atoms with Crippen molar-refractivity contribution in [1.29, 1.82) is 0 Å². The van der Waals surface area contributed by atoms with Gasteiger partial charge in [0.25, 0.3) is 0 Å². The lowest BCUT2D eigenvalue weighted by molar-refractivity contribution is -0.148. The smallest absolute Gasteiger partial charge is 0.340 e. The lowest BCUT2D eigenvalue weighted by Crippen LogP contribution is -2.33. The monoisotopic (exact) mass is 301 g/mol. The molecule has 0 saturated heterocycles. The standard InChI is InChI=1S/C10H11F4NO3S/c1-19(16,17)7-4-2-3-6(8(7)15)18-5-10(13,14)9(11)12/h2-4,9H,5,15H2,1H3. The van der Waals surface area contributed by atoms with Gasteiger partial charge < -0.3 is 10.5 Å². The van der Waals surface area contributed by atoms with E-state index in [2.05, 4.69) is 4.74 Å². The van der Waals surface area contributed by atoms with Crippen LogP contribution in [0.2, 0.25) is 0 Å². The lowest BCUT2D eigenvalue weighted by Gasteiger charge is -2.17. The number of para-hydroxylation sites is 1. The normalized spacial score (nSPS) is 12.7. The Bertz CT molecular complexity index is 560. The molecule has 0 heterocycles. The maximum atomic E-state index is 12.7. The van der Waals surface area contributed by atoms with Gasteiger partial charge in [-0.1, -0.05) is 6.07 Å². The molecule has 0 unspecified atom stereocenters. The summed E-state index contributed by atoms with van der Waals surface area (Å²) in [4.78, 5) is -0.314. The molecule has 9 heteroatoms. The van der Waals surface area contributed by atoms with Crippen molar-refractivity contribution in [2.45, 2.75) is 17.2 Å². The molecule has 0 fully saturated rings. The molecule has 19 heavy (non-hydrogen) atoms. The van der Waals surface area contributed by atoms with Crippen molar-refractivity contribution in [3.8, 4) is 5.75 Å². The fourth-order valence-electron chi connectivity index (χ4n) is 1.21. The zero-order valence-corrected chi connectivity index (χ0v) is 10.6. The molecule has 0 saturated carbocycles. The van der Waals surface area contributed by atoms with E-state index in [4.69, 9.17) is 5.73 Å². The highest BCUT2D eigenvalue weighted by molar-refractivity contribution is 7.90. The number of hydrogen-bond acceptors (Lipinski definition) is 4. The molecule has 0 spiro atoms. The first kappa shape index (κ1) is 15.5. The summed E-state index contributed by atoms with van der Waals surface area (Å²) in [6.45, 7) is -1.60. The highest BCUT2D eigenvalue weighted by atomic mass is 32.2. The number of ether oxygens (including phenoxy) is 1. The number of rotatable bonds is 5. The zero-order valence-electron chi connectivity index (χ0n) is 9.74. The van der Waals surface area contributed by atoms with Gasteiger partial charge in [0.2, 0.25) is 0 Å². The summed E-state index contributed by atoms with van der Waals surface area (Å²) in [5.41, 5.74) is 5.04. The Morgan fingerprint density at radius 3 is 2.42 bits per heavy atom. The molecule has 0 radical (unpaired) electrons. The number of alkyl halides is 4. The van der Waals surface area contributed by atoms with Crippen LogP contribution in [0.4, 0.5) is 23.2 Å². The topological polar surface area (TPSA) is 69.4 Å². The highest BCUT2D eigenvalue weighted by Crippen LogP contribution is 2.31. The van der Waals surface area contributed by atoms with Crippen LogP contribution in [0.3, 0.4) is 0 Å². The van der Waals surface area contributed by atoms with E-state index in [1.807, 2.05) is 0 Å². The number of nitrogens with two attached hydrogens (primary N) is 1.